The van der Waals surface area contributed by atoms with E-state index in [1.54, 1.807) is 23.6 Å². The maximum atomic E-state index is 12.6. The Morgan fingerprint density at radius 3 is 3.11 bits per heavy atom. The van der Waals surface area contributed by atoms with Crippen LogP contribution in [0.5, 0.6) is 0 Å². The Hall–Kier alpha value is -2.74. The van der Waals surface area contributed by atoms with Crippen molar-refractivity contribution < 1.29 is 9.32 Å². The van der Waals surface area contributed by atoms with Crippen LogP contribution in [0, 0.1) is 0 Å². The molecule has 1 N–H and O–H groups in total. The summed E-state index contributed by atoms with van der Waals surface area (Å²) in [5, 5.41) is 5.63. The number of likely N-dealkylation sites (tertiary alicyclic amines) is 1. The number of nitrogens with one attached hydrogen (secondary N) is 1. The zero-order valence-electron chi connectivity index (χ0n) is 14.8. The van der Waals surface area contributed by atoms with Crippen molar-refractivity contribution in [1.82, 2.24) is 20.0 Å². The quantitative estimate of drug-likeness (QED) is 0.730. The largest absolute Gasteiger partial charge is 0.361 e. The molecular weight excluding hydrogens is 364 g/mol. The number of hydrogen-bond donors (Lipinski definition) is 1. The van der Waals surface area contributed by atoms with E-state index in [1.165, 1.54) is 6.07 Å². The Bertz CT molecular complexity index is 950. The number of H-pyrrole nitrogens is 1. The molecular formula is C19H20N4O3S. The van der Waals surface area contributed by atoms with Crippen LogP contribution in [0.4, 0.5) is 0 Å². The van der Waals surface area contributed by atoms with Gasteiger partial charge in [-0.15, -0.1) is 11.3 Å². The van der Waals surface area contributed by atoms with Crippen molar-refractivity contribution in [1.29, 1.82) is 0 Å². The molecule has 0 radical (unpaired) electrons. The van der Waals surface area contributed by atoms with Gasteiger partial charge in [0.05, 0.1) is 16.8 Å². The van der Waals surface area contributed by atoms with E-state index in [1.807, 2.05) is 22.4 Å². The summed E-state index contributed by atoms with van der Waals surface area (Å²) in [7, 11) is 0. The molecule has 1 fully saturated rings. The van der Waals surface area contributed by atoms with E-state index in [0.717, 1.165) is 24.3 Å². The third kappa shape index (κ3) is 4.16. The van der Waals surface area contributed by atoms with Crippen molar-refractivity contribution in [2.24, 2.45) is 0 Å². The minimum absolute atomic E-state index is 0.0422. The average Bonchev–Trinajstić information content (AvgIpc) is 3.39. The number of hydrogen-bond acceptors (Lipinski definition) is 6. The van der Waals surface area contributed by atoms with Gasteiger partial charge < -0.3 is 14.4 Å². The molecule has 0 aliphatic carbocycles. The van der Waals surface area contributed by atoms with Crippen LogP contribution in [0.15, 0.2) is 45.2 Å². The minimum Gasteiger partial charge on any atom is -0.361 e. The van der Waals surface area contributed by atoms with Crippen LogP contribution >= 0.6 is 11.3 Å². The maximum absolute atomic E-state index is 12.6. The molecule has 0 aromatic carbocycles. The molecule has 3 aromatic rings. The lowest BCUT2D eigenvalue weighted by Gasteiger charge is -2.32. The number of carbonyl (C=O) groups excluding carboxylic acids is 1. The summed E-state index contributed by atoms with van der Waals surface area (Å²) in [5.74, 6) is 1.51. The van der Waals surface area contributed by atoms with Crippen molar-refractivity contribution in [3.8, 4) is 10.6 Å². The Labute approximate surface area is 160 Å². The lowest BCUT2D eigenvalue weighted by Crippen LogP contribution is -2.40. The molecule has 0 bridgehead atoms. The fourth-order valence-corrected chi connectivity index (χ4v) is 4.09. The van der Waals surface area contributed by atoms with E-state index in [-0.39, 0.29) is 17.4 Å². The monoisotopic (exact) mass is 384 g/mol. The van der Waals surface area contributed by atoms with Crippen molar-refractivity contribution in [3.63, 3.8) is 0 Å². The number of aromatic nitrogens is 3. The Morgan fingerprint density at radius 1 is 1.41 bits per heavy atom. The standard InChI is InChI=1S/C19H20N4O3S/c24-17-11-15(16-4-2-10-27-16)21-19(22-17)13-3-1-9-23(12-13)18(25)6-5-14-7-8-20-26-14/h2,4,7-8,10-11,13H,1,3,5-6,9,12H2,(H,21,22,24). The zero-order valence-corrected chi connectivity index (χ0v) is 15.6. The number of piperidine rings is 1. The summed E-state index contributed by atoms with van der Waals surface area (Å²) in [5.41, 5.74) is 0.537. The highest BCUT2D eigenvalue weighted by atomic mass is 32.1. The second kappa shape index (κ2) is 7.87. The predicted octanol–water partition coefficient (Wildman–Crippen LogP) is 2.83. The smallest absolute Gasteiger partial charge is 0.251 e. The van der Waals surface area contributed by atoms with Crippen molar-refractivity contribution in [3.05, 3.63) is 57.8 Å². The topological polar surface area (TPSA) is 92.1 Å². The number of thiophene rings is 1. The first-order valence-corrected chi connectivity index (χ1v) is 9.89. The van der Waals surface area contributed by atoms with Crippen LogP contribution in [-0.4, -0.2) is 39.0 Å². The van der Waals surface area contributed by atoms with Crippen LogP contribution in [0.2, 0.25) is 0 Å². The molecule has 1 unspecified atom stereocenters. The van der Waals surface area contributed by atoms with Gasteiger partial charge in [-0.3, -0.25) is 9.59 Å². The van der Waals surface area contributed by atoms with Gasteiger partial charge in [-0.2, -0.15) is 0 Å². The molecule has 1 saturated heterocycles. The minimum atomic E-state index is -0.155. The van der Waals surface area contributed by atoms with Crippen molar-refractivity contribution in [2.45, 2.75) is 31.6 Å². The van der Waals surface area contributed by atoms with Gasteiger partial charge in [-0.25, -0.2) is 4.98 Å². The normalized spacial score (nSPS) is 17.2. The fraction of sp³-hybridized carbons (Fsp3) is 0.368. The highest BCUT2D eigenvalue weighted by Crippen LogP contribution is 2.27. The number of carbonyl (C=O) groups is 1. The van der Waals surface area contributed by atoms with Gasteiger partial charge in [0.15, 0.2) is 0 Å². The molecule has 1 aliphatic heterocycles. The van der Waals surface area contributed by atoms with E-state index in [2.05, 4.69) is 15.1 Å². The van der Waals surface area contributed by atoms with Crippen molar-refractivity contribution in [2.75, 3.05) is 13.1 Å². The van der Waals surface area contributed by atoms with Crippen LogP contribution in [0.3, 0.4) is 0 Å². The van der Waals surface area contributed by atoms with Crippen LogP contribution in [-0.2, 0) is 11.2 Å². The Morgan fingerprint density at radius 2 is 2.33 bits per heavy atom. The number of amides is 1. The van der Waals surface area contributed by atoms with Gasteiger partial charge in [0.25, 0.3) is 5.56 Å². The Kier molecular flexibility index (Phi) is 5.15. The molecule has 1 atom stereocenters. The molecule has 1 aliphatic rings. The van der Waals surface area contributed by atoms with Gasteiger partial charge in [0, 0.05) is 44.0 Å². The average molecular weight is 384 g/mol. The number of aromatic amines is 1. The molecule has 1 amide bonds. The predicted molar refractivity (Wildman–Crippen MR) is 102 cm³/mol. The molecule has 7 nitrogen and oxygen atoms in total. The van der Waals surface area contributed by atoms with E-state index >= 15 is 0 Å². The first-order chi connectivity index (χ1) is 13.2. The van der Waals surface area contributed by atoms with Gasteiger partial charge >= 0.3 is 0 Å². The van der Waals surface area contributed by atoms with Crippen LogP contribution in [0.25, 0.3) is 10.6 Å². The summed E-state index contributed by atoms with van der Waals surface area (Å²) >= 11 is 1.56. The first kappa shape index (κ1) is 17.7. The molecule has 0 spiro atoms. The molecule has 3 aromatic heterocycles. The van der Waals surface area contributed by atoms with Crippen molar-refractivity contribution >= 4 is 17.2 Å². The first-order valence-electron chi connectivity index (χ1n) is 9.01. The van der Waals surface area contributed by atoms with Crippen LogP contribution in [0.1, 0.15) is 36.8 Å². The van der Waals surface area contributed by atoms with Gasteiger partial charge in [0.2, 0.25) is 5.91 Å². The fourth-order valence-electron chi connectivity index (χ4n) is 3.41. The van der Waals surface area contributed by atoms with Gasteiger partial charge in [0.1, 0.15) is 11.6 Å². The number of nitrogens with zero attached hydrogens (tertiary/aromatic N) is 3. The molecule has 4 heterocycles. The third-order valence-electron chi connectivity index (χ3n) is 4.77. The van der Waals surface area contributed by atoms with E-state index in [4.69, 9.17) is 4.52 Å². The second-order valence-corrected chi connectivity index (χ2v) is 7.60. The lowest BCUT2D eigenvalue weighted by molar-refractivity contribution is -0.132. The SMILES string of the molecule is O=C(CCc1ccno1)N1CCCC(c2nc(-c3cccs3)cc(=O)[nH]2)C1. The lowest BCUT2D eigenvalue weighted by atomic mass is 9.96. The highest BCUT2D eigenvalue weighted by molar-refractivity contribution is 7.13. The van der Waals surface area contributed by atoms with Crippen LogP contribution < -0.4 is 5.56 Å². The summed E-state index contributed by atoms with van der Waals surface area (Å²) in [6, 6.07) is 7.20. The number of rotatable bonds is 5. The maximum Gasteiger partial charge on any atom is 0.251 e. The summed E-state index contributed by atoms with van der Waals surface area (Å²) < 4.78 is 5.05. The second-order valence-electron chi connectivity index (χ2n) is 6.65. The summed E-state index contributed by atoms with van der Waals surface area (Å²) in [6.45, 7) is 1.31. The summed E-state index contributed by atoms with van der Waals surface area (Å²) in [6.07, 6.45) is 4.32. The zero-order chi connectivity index (χ0) is 18.6. The molecule has 8 heteroatoms. The van der Waals surface area contributed by atoms with E-state index in [9.17, 15) is 9.59 Å². The molecule has 27 heavy (non-hydrogen) atoms. The van der Waals surface area contributed by atoms with E-state index in [0.29, 0.717) is 36.7 Å². The molecule has 0 saturated carbocycles. The Balaban J connectivity index is 1.46. The van der Waals surface area contributed by atoms with E-state index < -0.39 is 0 Å². The highest BCUT2D eigenvalue weighted by Gasteiger charge is 2.26. The van der Waals surface area contributed by atoms with Gasteiger partial charge in [-0.1, -0.05) is 11.2 Å². The molecule has 4 rings (SSSR count). The third-order valence-corrected chi connectivity index (χ3v) is 5.66. The number of aryl methyl sites for hydroxylation is 1. The summed E-state index contributed by atoms with van der Waals surface area (Å²) in [4.78, 5) is 35.1. The van der Waals surface area contributed by atoms with Gasteiger partial charge in [-0.05, 0) is 24.3 Å². The molecule has 140 valence electrons.